The lowest BCUT2D eigenvalue weighted by molar-refractivity contribution is 1.11. The van der Waals surface area contributed by atoms with Crippen LogP contribution in [-0.4, -0.2) is 8.27 Å². The van der Waals surface area contributed by atoms with E-state index in [9.17, 15) is 0 Å². The van der Waals surface area contributed by atoms with E-state index >= 15 is 0 Å². The van der Waals surface area contributed by atoms with Gasteiger partial charge in [-0.2, -0.15) is 11.1 Å². The van der Waals surface area contributed by atoms with Gasteiger partial charge in [-0.05, 0) is 25.0 Å². The Bertz CT molecular complexity index is 233. The van der Waals surface area contributed by atoms with E-state index in [-0.39, 0.29) is 0 Å². The molecule has 66 valence electrons. The van der Waals surface area contributed by atoms with Gasteiger partial charge >= 0.3 is 0 Å². The Morgan fingerprint density at radius 3 is 2.42 bits per heavy atom. The first-order valence-corrected chi connectivity index (χ1v) is 7.36. The third-order valence-electron chi connectivity index (χ3n) is 1.83. The van der Waals surface area contributed by atoms with Gasteiger partial charge in [0.25, 0.3) is 0 Å². The zero-order valence-corrected chi connectivity index (χ0v) is 9.17. The summed E-state index contributed by atoms with van der Waals surface area (Å²) >= 11 is 5.78. The molecule has 1 aromatic rings. The molecular weight excluding hydrogens is 186 g/mol. The minimum atomic E-state index is -1.38. The van der Waals surface area contributed by atoms with Crippen LogP contribution in [0.3, 0.4) is 0 Å². The number of rotatable bonds is 3. The molecule has 12 heavy (non-hydrogen) atoms. The molecule has 1 nitrogen and oxygen atoms in total. The molecule has 0 aliphatic heterocycles. The summed E-state index contributed by atoms with van der Waals surface area (Å²) in [6.07, 6.45) is 1.02. The third kappa shape index (κ3) is 3.39. The molecular formula is C9H14ClNSi. The molecule has 0 heterocycles. The Balaban J connectivity index is 2.48. The van der Waals surface area contributed by atoms with Crippen molar-refractivity contribution >= 4 is 19.3 Å². The van der Waals surface area contributed by atoms with E-state index < -0.39 is 8.27 Å². The maximum Gasteiger partial charge on any atom is 0.208 e. The molecule has 0 bridgehead atoms. The summed E-state index contributed by atoms with van der Waals surface area (Å²) in [4.78, 5) is 0. The number of aryl methyl sites for hydroxylation is 2. The van der Waals surface area contributed by atoms with Crippen molar-refractivity contribution in [2.45, 2.75) is 19.4 Å². The van der Waals surface area contributed by atoms with Crippen molar-refractivity contribution in [2.24, 2.45) is 5.40 Å². The van der Waals surface area contributed by atoms with Crippen molar-refractivity contribution < 1.29 is 0 Å². The van der Waals surface area contributed by atoms with Crippen LogP contribution in [0.2, 0.25) is 6.04 Å². The highest BCUT2D eigenvalue weighted by Crippen LogP contribution is 2.07. The highest BCUT2D eigenvalue weighted by molar-refractivity contribution is 7.05. The van der Waals surface area contributed by atoms with Crippen LogP contribution < -0.4 is 5.40 Å². The summed E-state index contributed by atoms with van der Waals surface area (Å²) < 4.78 is 0. The first-order chi connectivity index (χ1) is 5.68. The van der Waals surface area contributed by atoms with Crippen LogP contribution in [0.1, 0.15) is 11.1 Å². The second-order valence-corrected chi connectivity index (χ2v) is 6.33. The lowest BCUT2D eigenvalue weighted by Gasteiger charge is -2.01. The fourth-order valence-electron chi connectivity index (χ4n) is 1.06. The molecule has 0 aliphatic rings. The summed E-state index contributed by atoms with van der Waals surface area (Å²) in [5, 5.41) is 5.57. The van der Waals surface area contributed by atoms with Crippen molar-refractivity contribution in [1.82, 2.24) is 0 Å². The number of nitrogens with two attached hydrogens (primary N) is 1. The van der Waals surface area contributed by atoms with Crippen LogP contribution in [0.5, 0.6) is 0 Å². The van der Waals surface area contributed by atoms with Crippen LogP contribution in [-0.2, 0) is 6.42 Å². The Labute approximate surface area is 79.9 Å². The molecule has 0 saturated heterocycles. The molecule has 0 radical (unpaired) electrons. The van der Waals surface area contributed by atoms with Crippen LogP contribution in [0.4, 0.5) is 0 Å². The average molecular weight is 200 g/mol. The lowest BCUT2D eigenvalue weighted by Crippen LogP contribution is -2.17. The Morgan fingerprint density at radius 2 is 1.92 bits per heavy atom. The summed E-state index contributed by atoms with van der Waals surface area (Å²) in [5.74, 6) is 0. The van der Waals surface area contributed by atoms with E-state index in [0.717, 1.165) is 12.5 Å². The van der Waals surface area contributed by atoms with Gasteiger partial charge in [0.05, 0.1) is 0 Å². The number of halogens is 1. The van der Waals surface area contributed by atoms with Crippen molar-refractivity contribution in [3.05, 3.63) is 35.4 Å². The SMILES string of the molecule is Cc1ccc(CC[SiH](N)Cl)cc1. The Morgan fingerprint density at radius 1 is 1.33 bits per heavy atom. The van der Waals surface area contributed by atoms with Gasteiger partial charge in [0.15, 0.2) is 0 Å². The average Bonchev–Trinajstić information content (AvgIpc) is 2.03. The van der Waals surface area contributed by atoms with Crippen molar-refractivity contribution in [2.75, 3.05) is 0 Å². The van der Waals surface area contributed by atoms with Gasteiger partial charge in [-0.3, -0.25) is 0 Å². The molecule has 0 aromatic heterocycles. The van der Waals surface area contributed by atoms with Gasteiger partial charge in [-0.25, -0.2) is 0 Å². The molecule has 0 saturated carbocycles. The van der Waals surface area contributed by atoms with E-state index in [1.165, 1.54) is 11.1 Å². The maximum atomic E-state index is 5.78. The minimum absolute atomic E-state index is 0.977. The predicted octanol–water partition coefficient (Wildman–Crippen LogP) is 1.96. The van der Waals surface area contributed by atoms with Crippen molar-refractivity contribution in [1.29, 1.82) is 0 Å². The normalized spacial score (nSPS) is 12.9. The summed E-state index contributed by atoms with van der Waals surface area (Å²) in [5.41, 5.74) is 2.63. The van der Waals surface area contributed by atoms with Crippen LogP contribution in [0.15, 0.2) is 24.3 Å². The predicted molar refractivity (Wildman–Crippen MR) is 56.9 cm³/mol. The molecule has 1 atom stereocenters. The first kappa shape index (κ1) is 9.77. The quantitative estimate of drug-likeness (QED) is 0.585. The van der Waals surface area contributed by atoms with Crippen LogP contribution in [0, 0.1) is 6.92 Å². The highest BCUT2D eigenvalue weighted by Gasteiger charge is 1.99. The molecule has 1 rings (SSSR count). The molecule has 0 amide bonds. The van der Waals surface area contributed by atoms with E-state index in [1.807, 2.05) is 0 Å². The fourth-order valence-corrected chi connectivity index (χ4v) is 2.00. The number of hydrogen-bond donors (Lipinski definition) is 1. The van der Waals surface area contributed by atoms with Crippen molar-refractivity contribution in [3.8, 4) is 0 Å². The maximum absolute atomic E-state index is 5.78. The Hall–Kier alpha value is -0.313. The largest absolute Gasteiger partial charge is 0.341 e. The van der Waals surface area contributed by atoms with Crippen molar-refractivity contribution in [3.63, 3.8) is 0 Å². The number of hydrogen-bond acceptors (Lipinski definition) is 1. The van der Waals surface area contributed by atoms with Gasteiger partial charge < -0.3 is 5.40 Å². The molecule has 0 aliphatic carbocycles. The molecule has 1 unspecified atom stereocenters. The second kappa shape index (κ2) is 4.65. The Kier molecular flexibility index (Phi) is 3.79. The van der Waals surface area contributed by atoms with E-state index in [0.29, 0.717) is 0 Å². The highest BCUT2D eigenvalue weighted by atomic mass is 35.6. The van der Waals surface area contributed by atoms with Crippen LogP contribution in [0.25, 0.3) is 0 Å². The molecule has 3 heteroatoms. The zero-order chi connectivity index (χ0) is 8.97. The number of benzene rings is 1. The first-order valence-electron chi connectivity index (χ1n) is 4.13. The minimum Gasteiger partial charge on any atom is -0.341 e. The molecule has 2 N–H and O–H groups in total. The summed E-state index contributed by atoms with van der Waals surface area (Å²) in [6.45, 7) is 2.09. The summed E-state index contributed by atoms with van der Waals surface area (Å²) in [7, 11) is -1.38. The summed E-state index contributed by atoms with van der Waals surface area (Å²) in [6, 6.07) is 9.50. The molecule has 0 fully saturated rings. The standard InChI is InChI=1S/C9H14ClNSi/c1-8-2-4-9(5-3-8)6-7-12(10)11/h2-5,12H,6-7,11H2,1H3. The van der Waals surface area contributed by atoms with Gasteiger partial charge in [0, 0.05) is 0 Å². The monoisotopic (exact) mass is 199 g/mol. The molecule has 1 aromatic carbocycles. The van der Waals surface area contributed by atoms with E-state index in [2.05, 4.69) is 31.2 Å². The second-order valence-electron chi connectivity index (χ2n) is 3.04. The zero-order valence-electron chi connectivity index (χ0n) is 7.26. The van der Waals surface area contributed by atoms with Gasteiger partial charge in [0.1, 0.15) is 0 Å². The fraction of sp³-hybridized carbons (Fsp3) is 0.333. The van der Waals surface area contributed by atoms with E-state index in [4.69, 9.17) is 16.5 Å². The molecule has 0 spiro atoms. The topological polar surface area (TPSA) is 26.0 Å². The van der Waals surface area contributed by atoms with Crippen LogP contribution >= 0.6 is 11.1 Å². The lowest BCUT2D eigenvalue weighted by atomic mass is 10.1. The smallest absolute Gasteiger partial charge is 0.208 e. The van der Waals surface area contributed by atoms with Gasteiger partial charge in [-0.15, -0.1) is 0 Å². The van der Waals surface area contributed by atoms with E-state index in [1.54, 1.807) is 0 Å². The van der Waals surface area contributed by atoms with Gasteiger partial charge in [0.2, 0.25) is 8.27 Å². The van der Waals surface area contributed by atoms with Gasteiger partial charge in [-0.1, -0.05) is 29.8 Å². The third-order valence-corrected chi connectivity index (χ3v) is 3.32.